The Hall–Kier alpha value is -0.0600. The largest absolute Gasteiger partial charge is 0.327 e. The fourth-order valence-electron chi connectivity index (χ4n) is 1.45. The van der Waals surface area contributed by atoms with Gasteiger partial charge in [0.15, 0.2) is 0 Å². The number of rotatable bonds is 6. The van der Waals surface area contributed by atoms with E-state index in [0.717, 1.165) is 16.6 Å². The summed E-state index contributed by atoms with van der Waals surface area (Å²) < 4.78 is 14.4. The standard InChI is InChI=1S/C13H19BrFNS/c1-3-9(2)17-8-12(16)7-10-6-11(14)4-5-13(10)15/h4-6,9,12H,3,7-8,16H2,1-2H3. The Labute approximate surface area is 115 Å². The average molecular weight is 320 g/mol. The molecule has 2 atom stereocenters. The Morgan fingerprint density at radius 3 is 2.82 bits per heavy atom. The molecule has 1 aromatic carbocycles. The smallest absolute Gasteiger partial charge is 0.126 e. The van der Waals surface area contributed by atoms with Crippen LogP contribution < -0.4 is 5.73 Å². The quantitative estimate of drug-likeness (QED) is 0.858. The number of nitrogens with two attached hydrogens (primary N) is 1. The normalized spacial score (nSPS) is 14.6. The number of benzene rings is 1. The van der Waals surface area contributed by atoms with E-state index in [1.807, 2.05) is 17.8 Å². The topological polar surface area (TPSA) is 26.0 Å². The monoisotopic (exact) mass is 319 g/mol. The first-order valence-electron chi connectivity index (χ1n) is 5.84. The van der Waals surface area contributed by atoms with E-state index in [4.69, 9.17) is 5.73 Å². The third-order valence-corrected chi connectivity index (χ3v) is 4.68. The molecule has 17 heavy (non-hydrogen) atoms. The Morgan fingerprint density at radius 1 is 1.47 bits per heavy atom. The first kappa shape index (κ1) is 15.0. The van der Waals surface area contributed by atoms with Gasteiger partial charge < -0.3 is 5.73 Å². The second kappa shape index (κ2) is 7.39. The van der Waals surface area contributed by atoms with E-state index in [1.54, 1.807) is 6.07 Å². The van der Waals surface area contributed by atoms with Gasteiger partial charge in [-0.05, 0) is 36.6 Å². The second-order valence-corrected chi connectivity index (χ2v) is 6.64. The molecular weight excluding hydrogens is 301 g/mol. The number of hydrogen-bond donors (Lipinski definition) is 1. The number of thioether (sulfide) groups is 1. The van der Waals surface area contributed by atoms with E-state index in [0.29, 0.717) is 17.2 Å². The van der Waals surface area contributed by atoms with Crippen LogP contribution in [0.2, 0.25) is 0 Å². The van der Waals surface area contributed by atoms with Crippen LogP contribution in [0, 0.1) is 5.82 Å². The van der Waals surface area contributed by atoms with Gasteiger partial charge in [-0.1, -0.05) is 29.8 Å². The van der Waals surface area contributed by atoms with Crippen molar-refractivity contribution >= 4 is 27.7 Å². The van der Waals surface area contributed by atoms with Gasteiger partial charge in [0, 0.05) is 21.5 Å². The van der Waals surface area contributed by atoms with E-state index < -0.39 is 0 Å². The summed E-state index contributed by atoms with van der Waals surface area (Å²) in [4.78, 5) is 0. The van der Waals surface area contributed by atoms with Crippen LogP contribution >= 0.6 is 27.7 Å². The minimum atomic E-state index is -0.169. The summed E-state index contributed by atoms with van der Waals surface area (Å²) >= 11 is 5.20. The molecule has 0 amide bonds. The summed E-state index contributed by atoms with van der Waals surface area (Å²) in [6, 6.07) is 5.01. The van der Waals surface area contributed by atoms with Gasteiger partial charge in [0.2, 0.25) is 0 Å². The fourth-order valence-corrected chi connectivity index (χ4v) is 2.78. The van der Waals surface area contributed by atoms with Crippen molar-refractivity contribution in [2.45, 2.75) is 38.0 Å². The van der Waals surface area contributed by atoms with Gasteiger partial charge in [-0.3, -0.25) is 0 Å². The summed E-state index contributed by atoms with van der Waals surface area (Å²) in [5.74, 6) is 0.707. The first-order valence-corrected chi connectivity index (χ1v) is 7.68. The molecule has 0 heterocycles. The van der Waals surface area contributed by atoms with Crippen molar-refractivity contribution in [2.75, 3.05) is 5.75 Å². The van der Waals surface area contributed by atoms with Crippen LogP contribution in [-0.4, -0.2) is 17.0 Å². The minimum absolute atomic E-state index is 0.0119. The van der Waals surface area contributed by atoms with Gasteiger partial charge in [0.25, 0.3) is 0 Å². The van der Waals surface area contributed by atoms with Crippen molar-refractivity contribution in [3.63, 3.8) is 0 Å². The summed E-state index contributed by atoms with van der Waals surface area (Å²) in [5, 5.41) is 0.619. The highest BCUT2D eigenvalue weighted by molar-refractivity contribution is 9.10. The number of hydrogen-bond acceptors (Lipinski definition) is 2. The molecular formula is C13H19BrFNS. The molecule has 1 nitrogen and oxygen atoms in total. The van der Waals surface area contributed by atoms with E-state index in [-0.39, 0.29) is 11.9 Å². The van der Waals surface area contributed by atoms with Crippen LogP contribution in [0.4, 0.5) is 4.39 Å². The third-order valence-electron chi connectivity index (χ3n) is 2.66. The Morgan fingerprint density at radius 2 is 2.18 bits per heavy atom. The molecule has 0 aliphatic rings. The lowest BCUT2D eigenvalue weighted by molar-refractivity contribution is 0.597. The summed E-state index contributed by atoms with van der Waals surface area (Å²) in [7, 11) is 0. The van der Waals surface area contributed by atoms with Gasteiger partial charge >= 0.3 is 0 Å². The lowest BCUT2D eigenvalue weighted by atomic mass is 10.1. The van der Waals surface area contributed by atoms with Gasteiger partial charge in [-0.15, -0.1) is 0 Å². The lowest BCUT2D eigenvalue weighted by Crippen LogP contribution is -2.27. The molecule has 96 valence electrons. The number of halogens is 2. The molecule has 1 aromatic rings. The fraction of sp³-hybridized carbons (Fsp3) is 0.538. The van der Waals surface area contributed by atoms with Crippen molar-refractivity contribution in [1.82, 2.24) is 0 Å². The van der Waals surface area contributed by atoms with Gasteiger partial charge in [-0.25, -0.2) is 4.39 Å². The van der Waals surface area contributed by atoms with E-state index in [1.165, 1.54) is 6.07 Å². The molecule has 0 aliphatic heterocycles. The maximum absolute atomic E-state index is 13.5. The molecule has 0 radical (unpaired) electrons. The predicted molar refractivity (Wildman–Crippen MR) is 78.0 cm³/mol. The zero-order valence-electron chi connectivity index (χ0n) is 10.2. The zero-order valence-corrected chi connectivity index (χ0v) is 12.7. The van der Waals surface area contributed by atoms with E-state index in [2.05, 4.69) is 29.8 Å². The summed E-state index contributed by atoms with van der Waals surface area (Å²) in [6.07, 6.45) is 1.73. The molecule has 0 saturated carbocycles. The highest BCUT2D eigenvalue weighted by atomic mass is 79.9. The van der Waals surface area contributed by atoms with Crippen LogP contribution in [-0.2, 0) is 6.42 Å². The molecule has 0 fully saturated rings. The molecule has 0 aliphatic carbocycles. The molecule has 4 heteroatoms. The van der Waals surface area contributed by atoms with Crippen LogP contribution in [0.5, 0.6) is 0 Å². The molecule has 2 unspecified atom stereocenters. The van der Waals surface area contributed by atoms with Crippen molar-refractivity contribution in [1.29, 1.82) is 0 Å². The zero-order chi connectivity index (χ0) is 12.8. The summed E-state index contributed by atoms with van der Waals surface area (Å²) in [6.45, 7) is 4.36. The highest BCUT2D eigenvalue weighted by Crippen LogP contribution is 2.19. The molecule has 2 N–H and O–H groups in total. The van der Waals surface area contributed by atoms with Gasteiger partial charge in [0.05, 0.1) is 0 Å². The van der Waals surface area contributed by atoms with Crippen LogP contribution in [0.25, 0.3) is 0 Å². The Kier molecular flexibility index (Phi) is 6.52. The van der Waals surface area contributed by atoms with Crippen LogP contribution in [0.3, 0.4) is 0 Å². The minimum Gasteiger partial charge on any atom is -0.327 e. The SMILES string of the molecule is CCC(C)SCC(N)Cc1cc(Br)ccc1F. The van der Waals surface area contributed by atoms with Crippen molar-refractivity contribution in [2.24, 2.45) is 5.73 Å². The molecule has 0 spiro atoms. The Bertz CT molecular complexity index is 359. The summed E-state index contributed by atoms with van der Waals surface area (Å²) in [5.41, 5.74) is 6.72. The molecule has 1 rings (SSSR count). The highest BCUT2D eigenvalue weighted by Gasteiger charge is 2.10. The Balaban J connectivity index is 2.50. The van der Waals surface area contributed by atoms with Crippen molar-refractivity contribution < 1.29 is 4.39 Å². The van der Waals surface area contributed by atoms with Crippen molar-refractivity contribution in [3.05, 3.63) is 34.1 Å². The van der Waals surface area contributed by atoms with Crippen LogP contribution in [0.15, 0.2) is 22.7 Å². The lowest BCUT2D eigenvalue weighted by Gasteiger charge is -2.15. The molecule has 0 aromatic heterocycles. The first-order chi connectivity index (χ1) is 8.02. The second-order valence-electron chi connectivity index (χ2n) is 4.25. The van der Waals surface area contributed by atoms with Gasteiger partial charge in [-0.2, -0.15) is 11.8 Å². The maximum Gasteiger partial charge on any atom is 0.126 e. The van der Waals surface area contributed by atoms with E-state index >= 15 is 0 Å². The van der Waals surface area contributed by atoms with Crippen LogP contribution in [0.1, 0.15) is 25.8 Å². The average Bonchev–Trinajstić information content (AvgIpc) is 2.30. The third kappa shape index (κ3) is 5.40. The van der Waals surface area contributed by atoms with Crippen molar-refractivity contribution in [3.8, 4) is 0 Å². The van der Waals surface area contributed by atoms with Gasteiger partial charge in [0.1, 0.15) is 5.82 Å². The van der Waals surface area contributed by atoms with E-state index in [9.17, 15) is 4.39 Å². The predicted octanol–water partition coefficient (Wildman–Crippen LogP) is 3.99. The molecule has 0 bridgehead atoms. The maximum atomic E-state index is 13.5. The molecule has 0 saturated heterocycles.